The van der Waals surface area contributed by atoms with Crippen LogP contribution in [-0.4, -0.2) is 22.0 Å². The van der Waals surface area contributed by atoms with E-state index < -0.39 is 11.9 Å². The minimum Gasteiger partial charge on any atom is -0.481 e. The van der Waals surface area contributed by atoms with Gasteiger partial charge in [0.2, 0.25) is 0 Å². The number of benzene rings is 1. The number of hydrogen-bond donors (Lipinski definition) is 2. The largest absolute Gasteiger partial charge is 0.481 e. The molecule has 2 atom stereocenters. The van der Waals surface area contributed by atoms with Crippen molar-refractivity contribution in [1.82, 2.24) is 0 Å². The van der Waals surface area contributed by atoms with Gasteiger partial charge in [0.25, 0.3) is 0 Å². The Hall–Kier alpha value is -1.84. The highest BCUT2D eigenvalue weighted by Gasteiger charge is 2.21. The van der Waals surface area contributed by atoms with E-state index in [1.54, 1.807) is 6.92 Å². The van der Waals surface area contributed by atoms with E-state index in [-0.39, 0.29) is 0 Å². The molecular weight excluding hydrogens is 254 g/mol. The lowest BCUT2D eigenvalue weighted by Gasteiger charge is -2.23. The van der Waals surface area contributed by atoms with Crippen LogP contribution >= 0.6 is 0 Å². The van der Waals surface area contributed by atoms with E-state index in [1.807, 2.05) is 24.3 Å². The summed E-state index contributed by atoms with van der Waals surface area (Å²) >= 11 is 0. The number of rotatable bonds is 4. The Balaban J connectivity index is 2.05. The summed E-state index contributed by atoms with van der Waals surface area (Å²) in [4.78, 5) is 10.9. The molecule has 1 fully saturated rings. The molecule has 0 unspecified atom stereocenters. The number of hydrogen-bond acceptors (Lipinski definition) is 3. The van der Waals surface area contributed by atoms with Crippen LogP contribution in [0.2, 0.25) is 0 Å². The molecule has 1 aliphatic rings. The van der Waals surface area contributed by atoms with Crippen molar-refractivity contribution in [3.8, 4) is 0 Å². The second-order valence-corrected chi connectivity index (χ2v) is 5.54. The van der Waals surface area contributed by atoms with E-state index in [9.17, 15) is 4.79 Å². The van der Waals surface area contributed by atoms with Crippen molar-refractivity contribution in [3.63, 3.8) is 0 Å². The second-order valence-electron chi connectivity index (χ2n) is 5.54. The lowest BCUT2D eigenvalue weighted by molar-refractivity contribution is -0.138. The number of aliphatic carboxylic acids is 1. The molecule has 2 N–H and O–H groups in total. The molecule has 0 saturated heterocycles. The zero-order chi connectivity index (χ0) is 14.5. The highest BCUT2D eigenvalue weighted by Crippen LogP contribution is 2.26. The molecule has 0 bridgehead atoms. The summed E-state index contributed by atoms with van der Waals surface area (Å²) in [5.74, 6) is -0.968. The molecular formula is C16H21NO3. The van der Waals surface area contributed by atoms with Crippen molar-refractivity contribution >= 4 is 11.7 Å². The van der Waals surface area contributed by atoms with Crippen molar-refractivity contribution < 1.29 is 15.1 Å². The van der Waals surface area contributed by atoms with Crippen LogP contribution in [0.25, 0.3) is 0 Å². The molecule has 1 aromatic carbocycles. The molecule has 0 heterocycles. The summed E-state index contributed by atoms with van der Waals surface area (Å²) in [7, 11) is 0. The third-order valence-corrected chi connectivity index (χ3v) is 4.17. The highest BCUT2D eigenvalue weighted by atomic mass is 16.4. The smallest absolute Gasteiger partial charge is 0.310 e. The van der Waals surface area contributed by atoms with Crippen LogP contribution in [0.15, 0.2) is 29.4 Å². The molecule has 4 heteroatoms. The normalized spacial score (nSPS) is 22.6. The molecule has 108 valence electrons. The minimum atomic E-state index is -0.806. The van der Waals surface area contributed by atoms with E-state index in [1.165, 1.54) is 12.0 Å². The summed E-state index contributed by atoms with van der Waals surface area (Å²) in [6.45, 7) is 1.69. The van der Waals surface area contributed by atoms with Gasteiger partial charge in [-0.25, -0.2) is 0 Å². The van der Waals surface area contributed by atoms with Gasteiger partial charge in [0.1, 0.15) is 0 Å². The third-order valence-electron chi connectivity index (χ3n) is 4.17. The topological polar surface area (TPSA) is 69.9 Å². The third kappa shape index (κ3) is 3.38. The number of nitrogens with zero attached hydrogens (tertiary/aromatic N) is 1. The van der Waals surface area contributed by atoms with Gasteiger partial charge in [-0.3, -0.25) is 4.79 Å². The van der Waals surface area contributed by atoms with E-state index in [0.29, 0.717) is 5.92 Å². The Morgan fingerprint density at radius 3 is 2.65 bits per heavy atom. The van der Waals surface area contributed by atoms with Crippen LogP contribution < -0.4 is 0 Å². The van der Waals surface area contributed by atoms with E-state index in [0.717, 1.165) is 37.0 Å². The van der Waals surface area contributed by atoms with Crippen LogP contribution in [-0.2, 0) is 11.2 Å². The fraction of sp³-hybridized carbons (Fsp3) is 0.500. The van der Waals surface area contributed by atoms with Crippen LogP contribution in [0.5, 0.6) is 0 Å². The summed E-state index contributed by atoms with van der Waals surface area (Å²) in [6.07, 6.45) is 5.09. The Morgan fingerprint density at radius 1 is 1.35 bits per heavy atom. The first-order valence-corrected chi connectivity index (χ1v) is 7.14. The number of oxime groups is 1. The zero-order valence-corrected chi connectivity index (χ0v) is 11.7. The average Bonchev–Trinajstić information content (AvgIpc) is 2.48. The molecule has 1 aliphatic carbocycles. The fourth-order valence-electron chi connectivity index (χ4n) is 2.79. The SMILES string of the molecule is C[C@H](C(=O)O)c1ccc(C[C@H]2CCCC/C2=N/O)cc1. The van der Waals surface area contributed by atoms with Crippen LogP contribution in [0.1, 0.15) is 49.7 Å². The van der Waals surface area contributed by atoms with Gasteiger partial charge in [-0.05, 0) is 43.7 Å². The standard InChI is InChI=1S/C16H21NO3/c1-11(16(18)19)13-8-6-12(7-9-13)10-14-4-2-3-5-15(14)17-20/h6-9,11,14,20H,2-5,10H2,1H3,(H,18,19)/b17-15-/t11-,14+/m0/s1. The van der Waals surface area contributed by atoms with Gasteiger partial charge in [-0.2, -0.15) is 0 Å². The zero-order valence-electron chi connectivity index (χ0n) is 11.7. The van der Waals surface area contributed by atoms with Gasteiger partial charge in [0.05, 0.1) is 11.6 Å². The van der Waals surface area contributed by atoms with Crippen molar-refractivity contribution in [2.45, 2.75) is 44.9 Å². The van der Waals surface area contributed by atoms with Crippen LogP contribution in [0.3, 0.4) is 0 Å². The van der Waals surface area contributed by atoms with E-state index in [4.69, 9.17) is 10.3 Å². The molecule has 2 rings (SSSR count). The Morgan fingerprint density at radius 2 is 2.05 bits per heavy atom. The molecule has 20 heavy (non-hydrogen) atoms. The molecule has 0 aromatic heterocycles. The molecule has 4 nitrogen and oxygen atoms in total. The van der Waals surface area contributed by atoms with Gasteiger partial charge >= 0.3 is 5.97 Å². The number of carbonyl (C=O) groups is 1. The molecule has 0 aliphatic heterocycles. The van der Waals surface area contributed by atoms with Gasteiger partial charge in [-0.15, -0.1) is 0 Å². The Labute approximate surface area is 119 Å². The lowest BCUT2D eigenvalue weighted by atomic mass is 9.83. The first kappa shape index (κ1) is 14.6. The van der Waals surface area contributed by atoms with Gasteiger partial charge < -0.3 is 10.3 Å². The average molecular weight is 275 g/mol. The fourth-order valence-corrected chi connectivity index (χ4v) is 2.79. The lowest BCUT2D eigenvalue weighted by Crippen LogP contribution is -2.21. The summed E-state index contributed by atoms with van der Waals surface area (Å²) in [6, 6.07) is 7.73. The second kappa shape index (κ2) is 6.55. The predicted octanol–water partition coefficient (Wildman–Crippen LogP) is 3.44. The Kier molecular flexibility index (Phi) is 4.77. The number of carboxylic acids is 1. The van der Waals surface area contributed by atoms with Crippen molar-refractivity contribution in [2.75, 3.05) is 0 Å². The van der Waals surface area contributed by atoms with Gasteiger partial charge in [0, 0.05) is 5.92 Å². The molecule has 0 radical (unpaired) electrons. The summed E-state index contributed by atoms with van der Waals surface area (Å²) in [5.41, 5.74) is 2.89. The molecule has 1 aromatic rings. The summed E-state index contributed by atoms with van der Waals surface area (Å²) in [5, 5.41) is 21.5. The van der Waals surface area contributed by atoms with Crippen LogP contribution in [0.4, 0.5) is 0 Å². The molecule has 1 saturated carbocycles. The molecule has 0 spiro atoms. The predicted molar refractivity (Wildman–Crippen MR) is 77.4 cm³/mol. The first-order valence-electron chi connectivity index (χ1n) is 7.14. The van der Waals surface area contributed by atoms with E-state index >= 15 is 0 Å². The van der Waals surface area contributed by atoms with Gasteiger partial charge in [-0.1, -0.05) is 35.8 Å². The van der Waals surface area contributed by atoms with Gasteiger partial charge in [0.15, 0.2) is 0 Å². The van der Waals surface area contributed by atoms with Crippen molar-refractivity contribution in [2.24, 2.45) is 11.1 Å². The van der Waals surface area contributed by atoms with Crippen LogP contribution in [0, 0.1) is 5.92 Å². The highest BCUT2D eigenvalue weighted by molar-refractivity contribution is 5.87. The van der Waals surface area contributed by atoms with E-state index in [2.05, 4.69) is 5.16 Å². The molecule has 0 amide bonds. The maximum Gasteiger partial charge on any atom is 0.310 e. The minimum absolute atomic E-state index is 0.316. The quantitative estimate of drug-likeness (QED) is 0.653. The summed E-state index contributed by atoms with van der Waals surface area (Å²) < 4.78 is 0. The Bertz CT molecular complexity index is 493. The first-order chi connectivity index (χ1) is 9.61. The van der Waals surface area contributed by atoms with Crippen molar-refractivity contribution in [1.29, 1.82) is 0 Å². The maximum atomic E-state index is 10.9. The monoisotopic (exact) mass is 275 g/mol. The number of carboxylic acid groups (broad SMARTS) is 1. The van der Waals surface area contributed by atoms with Crippen molar-refractivity contribution in [3.05, 3.63) is 35.4 Å². The maximum absolute atomic E-state index is 10.9.